The van der Waals surface area contributed by atoms with E-state index in [1.54, 1.807) is 23.5 Å². The Morgan fingerprint density at radius 1 is 1.32 bits per heavy atom. The van der Waals surface area contributed by atoms with Crippen LogP contribution in [0.2, 0.25) is 0 Å². The SMILES string of the molecule is CCN(Cc1ccsc1)C(=O)CNc1cccc(NC=O)c1. The van der Waals surface area contributed by atoms with E-state index in [0.29, 0.717) is 25.2 Å². The Kier molecular flexibility index (Phi) is 5.97. The van der Waals surface area contributed by atoms with Crippen molar-refractivity contribution in [2.45, 2.75) is 13.5 Å². The summed E-state index contributed by atoms with van der Waals surface area (Å²) in [7, 11) is 0. The Morgan fingerprint density at radius 2 is 2.14 bits per heavy atom. The van der Waals surface area contributed by atoms with E-state index in [9.17, 15) is 9.59 Å². The number of hydrogen-bond acceptors (Lipinski definition) is 4. The van der Waals surface area contributed by atoms with Gasteiger partial charge in [0, 0.05) is 24.5 Å². The average molecular weight is 317 g/mol. The van der Waals surface area contributed by atoms with Gasteiger partial charge in [0.05, 0.1) is 6.54 Å². The van der Waals surface area contributed by atoms with Gasteiger partial charge in [0.1, 0.15) is 0 Å². The number of carbonyl (C=O) groups excluding carboxylic acids is 2. The van der Waals surface area contributed by atoms with E-state index in [4.69, 9.17) is 0 Å². The molecule has 0 saturated heterocycles. The maximum absolute atomic E-state index is 12.3. The lowest BCUT2D eigenvalue weighted by molar-refractivity contribution is -0.129. The van der Waals surface area contributed by atoms with E-state index in [1.807, 2.05) is 35.4 Å². The maximum Gasteiger partial charge on any atom is 0.242 e. The highest BCUT2D eigenvalue weighted by Gasteiger charge is 2.12. The van der Waals surface area contributed by atoms with Crippen molar-refractivity contribution in [2.24, 2.45) is 0 Å². The zero-order valence-electron chi connectivity index (χ0n) is 12.4. The van der Waals surface area contributed by atoms with E-state index < -0.39 is 0 Å². The van der Waals surface area contributed by atoms with E-state index in [0.717, 1.165) is 11.3 Å². The summed E-state index contributed by atoms with van der Waals surface area (Å²) in [6, 6.07) is 9.29. The molecule has 0 bridgehead atoms. The summed E-state index contributed by atoms with van der Waals surface area (Å²) in [6.07, 6.45) is 0.629. The molecule has 0 radical (unpaired) electrons. The first-order valence-corrected chi connectivity index (χ1v) is 8.00. The fourth-order valence-electron chi connectivity index (χ4n) is 2.06. The number of benzene rings is 1. The molecule has 2 rings (SSSR count). The largest absolute Gasteiger partial charge is 0.376 e. The lowest BCUT2D eigenvalue weighted by Gasteiger charge is -2.21. The predicted molar refractivity (Wildman–Crippen MR) is 90.0 cm³/mol. The van der Waals surface area contributed by atoms with Crippen molar-refractivity contribution in [2.75, 3.05) is 23.7 Å². The molecule has 2 N–H and O–H groups in total. The van der Waals surface area contributed by atoms with Gasteiger partial charge in [0.25, 0.3) is 0 Å². The van der Waals surface area contributed by atoms with E-state index in [1.165, 1.54) is 0 Å². The molecule has 0 spiro atoms. The third-order valence-corrected chi connectivity index (χ3v) is 3.95. The molecule has 116 valence electrons. The summed E-state index contributed by atoms with van der Waals surface area (Å²) in [5.41, 5.74) is 2.64. The van der Waals surface area contributed by atoms with Gasteiger partial charge >= 0.3 is 0 Å². The fraction of sp³-hybridized carbons (Fsp3) is 0.250. The fourth-order valence-corrected chi connectivity index (χ4v) is 2.72. The van der Waals surface area contributed by atoms with Crippen LogP contribution < -0.4 is 10.6 Å². The van der Waals surface area contributed by atoms with Crippen LogP contribution in [-0.4, -0.2) is 30.3 Å². The quantitative estimate of drug-likeness (QED) is 0.736. The molecular weight excluding hydrogens is 298 g/mol. The third-order valence-electron chi connectivity index (χ3n) is 3.22. The van der Waals surface area contributed by atoms with Crippen LogP contribution in [0.25, 0.3) is 0 Å². The summed E-state index contributed by atoms with van der Waals surface area (Å²) in [5, 5.41) is 9.74. The second-order valence-electron chi connectivity index (χ2n) is 4.74. The number of carbonyl (C=O) groups is 2. The van der Waals surface area contributed by atoms with Gasteiger partial charge in [-0.15, -0.1) is 0 Å². The third kappa shape index (κ3) is 4.60. The summed E-state index contributed by atoms with van der Waals surface area (Å²) in [5.74, 6) is 0.0439. The topological polar surface area (TPSA) is 61.4 Å². The van der Waals surface area contributed by atoms with Crippen LogP contribution in [-0.2, 0) is 16.1 Å². The zero-order valence-corrected chi connectivity index (χ0v) is 13.2. The molecule has 1 heterocycles. The smallest absolute Gasteiger partial charge is 0.242 e. The number of nitrogens with zero attached hydrogens (tertiary/aromatic N) is 1. The number of hydrogen-bond donors (Lipinski definition) is 2. The van der Waals surface area contributed by atoms with Gasteiger partial charge in [-0.2, -0.15) is 11.3 Å². The highest BCUT2D eigenvalue weighted by molar-refractivity contribution is 7.07. The minimum atomic E-state index is 0.0439. The van der Waals surface area contributed by atoms with Crippen molar-refractivity contribution >= 4 is 35.0 Å². The number of likely N-dealkylation sites (N-methyl/N-ethyl adjacent to an activating group) is 1. The molecule has 0 aliphatic carbocycles. The Balaban J connectivity index is 1.90. The van der Waals surface area contributed by atoms with Gasteiger partial charge in [-0.1, -0.05) is 6.07 Å². The lowest BCUT2D eigenvalue weighted by atomic mass is 10.2. The molecule has 1 aromatic heterocycles. The molecule has 1 aromatic carbocycles. The number of thiophene rings is 1. The summed E-state index contributed by atoms with van der Waals surface area (Å²) >= 11 is 1.63. The summed E-state index contributed by atoms with van der Waals surface area (Å²) in [6.45, 7) is 3.50. The van der Waals surface area contributed by atoms with Crippen LogP contribution >= 0.6 is 11.3 Å². The molecule has 6 heteroatoms. The van der Waals surface area contributed by atoms with E-state index in [2.05, 4.69) is 16.0 Å². The van der Waals surface area contributed by atoms with Crippen molar-refractivity contribution in [3.8, 4) is 0 Å². The molecule has 0 saturated carbocycles. The lowest BCUT2D eigenvalue weighted by Crippen LogP contribution is -2.34. The molecule has 2 amide bonds. The van der Waals surface area contributed by atoms with Crippen LogP contribution in [0, 0.1) is 0 Å². The summed E-state index contributed by atoms with van der Waals surface area (Å²) < 4.78 is 0. The molecule has 0 fully saturated rings. The molecule has 22 heavy (non-hydrogen) atoms. The standard InChI is InChI=1S/C16H19N3O2S/c1-2-19(10-13-6-7-22-11-13)16(21)9-17-14-4-3-5-15(8-14)18-12-20/h3-8,11-12,17H,2,9-10H2,1H3,(H,18,20). The molecule has 2 aromatic rings. The molecule has 0 unspecified atom stereocenters. The Labute approximate surface area is 134 Å². The monoisotopic (exact) mass is 317 g/mol. The van der Waals surface area contributed by atoms with Crippen LogP contribution in [0.1, 0.15) is 12.5 Å². The maximum atomic E-state index is 12.3. The van der Waals surface area contributed by atoms with Gasteiger partial charge in [-0.3, -0.25) is 9.59 Å². The van der Waals surface area contributed by atoms with Gasteiger partial charge in [-0.25, -0.2) is 0 Å². The molecule has 5 nitrogen and oxygen atoms in total. The van der Waals surface area contributed by atoms with E-state index in [-0.39, 0.29) is 12.5 Å². The number of rotatable bonds is 8. The number of nitrogens with one attached hydrogen (secondary N) is 2. The summed E-state index contributed by atoms with van der Waals surface area (Å²) in [4.78, 5) is 24.5. The van der Waals surface area contributed by atoms with Crippen molar-refractivity contribution in [3.63, 3.8) is 0 Å². The van der Waals surface area contributed by atoms with Crippen molar-refractivity contribution in [3.05, 3.63) is 46.7 Å². The van der Waals surface area contributed by atoms with Gasteiger partial charge in [0.2, 0.25) is 12.3 Å². The minimum absolute atomic E-state index is 0.0439. The van der Waals surface area contributed by atoms with Crippen molar-refractivity contribution < 1.29 is 9.59 Å². The normalized spacial score (nSPS) is 10.0. The Hall–Kier alpha value is -2.34. The second-order valence-corrected chi connectivity index (χ2v) is 5.52. The number of anilines is 2. The zero-order chi connectivity index (χ0) is 15.8. The Morgan fingerprint density at radius 3 is 2.82 bits per heavy atom. The van der Waals surface area contributed by atoms with Gasteiger partial charge < -0.3 is 15.5 Å². The first-order valence-electron chi connectivity index (χ1n) is 7.06. The first kappa shape index (κ1) is 16.0. The predicted octanol–water partition coefficient (Wildman–Crippen LogP) is 2.78. The van der Waals surface area contributed by atoms with Crippen LogP contribution in [0.3, 0.4) is 0 Å². The minimum Gasteiger partial charge on any atom is -0.376 e. The molecule has 0 atom stereocenters. The highest BCUT2D eigenvalue weighted by Crippen LogP contribution is 2.14. The second kappa shape index (κ2) is 8.19. The van der Waals surface area contributed by atoms with Crippen LogP contribution in [0.15, 0.2) is 41.1 Å². The van der Waals surface area contributed by atoms with E-state index >= 15 is 0 Å². The number of amides is 2. The average Bonchev–Trinajstić information content (AvgIpc) is 3.04. The van der Waals surface area contributed by atoms with Gasteiger partial charge in [0.15, 0.2) is 0 Å². The highest BCUT2D eigenvalue weighted by atomic mass is 32.1. The molecule has 0 aliphatic rings. The van der Waals surface area contributed by atoms with Crippen molar-refractivity contribution in [1.29, 1.82) is 0 Å². The molecular formula is C16H19N3O2S. The first-order chi connectivity index (χ1) is 10.7. The van der Waals surface area contributed by atoms with Crippen molar-refractivity contribution in [1.82, 2.24) is 4.90 Å². The van der Waals surface area contributed by atoms with Crippen LogP contribution in [0.4, 0.5) is 11.4 Å². The van der Waals surface area contributed by atoms with Crippen LogP contribution in [0.5, 0.6) is 0 Å². The van der Waals surface area contributed by atoms with Gasteiger partial charge in [-0.05, 0) is 47.5 Å². The molecule has 0 aliphatic heterocycles. The Bertz CT molecular complexity index is 614.